The van der Waals surface area contributed by atoms with E-state index in [0.717, 1.165) is 16.7 Å². The Hall–Kier alpha value is -2.39. The molecule has 2 nitrogen and oxygen atoms in total. The molecule has 0 aliphatic rings. The lowest BCUT2D eigenvalue weighted by molar-refractivity contribution is 0.0383. The van der Waals surface area contributed by atoms with E-state index in [0.29, 0.717) is 4.88 Å². The molecule has 0 aliphatic carbocycles. The van der Waals surface area contributed by atoms with Crippen molar-refractivity contribution in [3.05, 3.63) is 93.7 Å². The number of ether oxygens (including phenoxy) is 1. The molecule has 0 amide bonds. The van der Waals surface area contributed by atoms with Crippen LogP contribution >= 0.6 is 11.3 Å². The minimum absolute atomic E-state index is 0.273. The maximum absolute atomic E-state index is 12.5. The minimum Gasteiger partial charge on any atom is -0.448 e. The molecule has 110 valence electrons. The maximum atomic E-state index is 12.5. The summed E-state index contributed by atoms with van der Waals surface area (Å²) in [6.45, 7) is 1.92. The number of thiophene rings is 1. The smallest absolute Gasteiger partial charge is 0.349 e. The highest BCUT2D eigenvalue weighted by Gasteiger charge is 2.21. The molecular weight excluding hydrogens is 292 g/mol. The molecule has 1 aromatic heterocycles. The fraction of sp³-hybridized carbons (Fsp3) is 0.105. The summed E-state index contributed by atoms with van der Waals surface area (Å²) in [6.07, 6.45) is -0.392. The van der Waals surface area contributed by atoms with E-state index in [1.807, 2.05) is 79.0 Å². The van der Waals surface area contributed by atoms with Crippen molar-refractivity contribution in [1.29, 1.82) is 0 Å². The summed E-state index contributed by atoms with van der Waals surface area (Å²) in [5.74, 6) is -0.273. The van der Waals surface area contributed by atoms with Crippen LogP contribution in [0.5, 0.6) is 0 Å². The van der Waals surface area contributed by atoms with Crippen molar-refractivity contribution in [2.45, 2.75) is 13.0 Å². The van der Waals surface area contributed by atoms with Crippen molar-refractivity contribution in [3.8, 4) is 0 Å². The van der Waals surface area contributed by atoms with E-state index in [-0.39, 0.29) is 5.97 Å². The highest BCUT2D eigenvalue weighted by Crippen LogP contribution is 2.28. The van der Waals surface area contributed by atoms with E-state index in [1.165, 1.54) is 11.3 Å². The molecule has 3 heteroatoms. The third kappa shape index (κ3) is 3.10. The summed E-state index contributed by atoms with van der Waals surface area (Å²) >= 11 is 1.42. The first-order valence-electron chi connectivity index (χ1n) is 7.10. The quantitative estimate of drug-likeness (QED) is 0.634. The van der Waals surface area contributed by atoms with E-state index >= 15 is 0 Å². The summed E-state index contributed by atoms with van der Waals surface area (Å²) < 4.78 is 5.82. The van der Waals surface area contributed by atoms with Crippen LogP contribution in [0.3, 0.4) is 0 Å². The number of hydrogen-bond donors (Lipinski definition) is 0. The van der Waals surface area contributed by atoms with Crippen LogP contribution in [-0.4, -0.2) is 5.97 Å². The molecule has 3 aromatic rings. The average molecular weight is 308 g/mol. The maximum Gasteiger partial charge on any atom is 0.349 e. The average Bonchev–Trinajstić information content (AvgIpc) is 3.00. The van der Waals surface area contributed by atoms with E-state index in [1.54, 1.807) is 0 Å². The number of carbonyl (C=O) groups is 1. The summed E-state index contributed by atoms with van der Waals surface area (Å²) in [5.41, 5.74) is 2.89. The molecule has 0 unspecified atom stereocenters. The Morgan fingerprint density at radius 3 is 1.91 bits per heavy atom. The second-order valence-corrected chi connectivity index (χ2v) is 5.96. The Labute approximate surface area is 134 Å². The van der Waals surface area contributed by atoms with E-state index in [4.69, 9.17) is 4.74 Å². The Bertz CT molecular complexity index is 708. The van der Waals surface area contributed by atoms with Gasteiger partial charge in [0.2, 0.25) is 0 Å². The molecule has 1 heterocycles. The van der Waals surface area contributed by atoms with Crippen LogP contribution in [-0.2, 0) is 4.74 Å². The minimum atomic E-state index is -0.392. The van der Waals surface area contributed by atoms with Gasteiger partial charge in [0.15, 0.2) is 6.10 Å². The van der Waals surface area contributed by atoms with Gasteiger partial charge in [0.1, 0.15) is 4.88 Å². The van der Waals surface area contributed by atoms with Crippen molar-refractivity contribution < 1.29 is 9.53 Å². The Balaban J connectivity index is 1.93. The van der Waals surface area contributed by atoms with Crippen LogP contribution < -0.4 is 0 Å². The summed E-state index contributed by atoms with van der Waals surface area (Å²) in [4.78, 5) is 13.1. The lowest BCUT2D eigenvalue weighted by Gasteiger charge is -2.18. The van der Waals surface area contributed by atoms with Crippen LogP contribution in [0.15, 0.2) is 72.1 Å². The molecule has 0 bridgehead atoms. The van der Waals surface area contributed by atoms with Gasteiger partial charge in [-0.3, -0.25) is 0 Å². The normalized spacial score (nSPS) is 10.6. The van der Waals surface area contributed by atoms with Crippen LogP contribution in [0.4, 0.5) is 0 Å². The summed E-state index contributed by atoms with van der Waals surface area (Å²) in [5, 5.41) is 1.91. The zero-order chi connectivity index (χ0) is 15.4. The van der Waals surface area contributed by atoms with Gasteiger partial charge in [-0.15, -0.1) is 11.3 Å². The molecule has 0 N–H and O–H groups in total. The van der Waals surface area contributed by atoms with Crippen LogP contribution in [0.25, 0.3) is 0 Å². The number of hydrogen-bond acceptors (Lipinski definition) is 3. The van der Waals surface area contributed by atoms with Gasteiger partial charge in [0.25, 0.3) is 0 Å². The largest absolute Gasteiger partial charge is 0.448 e. The summed E-state index contributed by atoms with van der Waals surface area (Å²) in [7, 11) is 0. The van der Waals surface area contributed by atoms with Crippen LogP contribution in [0.1, 0.15) is 32.5 Å². The molecule has 0 saturated heterocycles. The highest BCUT2D eigenvalue weighted by atomic mass is 32.1. The molecule has 0 aliphatic heterocycles. The molecule has 0 atom stereocenters. The Kier molecular flexibility index (Phi) is 4.35. The zero-order valence-electron chi connectivity index (χ0n) is 12.2. The van der Waals surface area contributed by atoms with Gasteiger partial charge >= 0.3 is 5.97 Å². The summed E-state index contributed by atoms with van der Waals surface area (Å²) in [6, 6.07) is 21.6. The fourth-order valence-corrected chi connectivity index (χ4v) is 3.13. The number of rotatable bonds is 4. The van der Waals surface area contributed by atoms with Crippen molar-refractivity contribution in [2.75, 3.05) is 0 Å². The Morgan fingerprint density at radius 1 is 0.909 bits per heavy atom. The van der Waals surface area contributed by atoms with E-state index in [2.05, 4.69) is 0 Å². The van der Waals surface area contributed by atoms with Gasteiger partial charge in [-0.05, 0) is 35.1 Å². The third-order valence-electron chi connectivity index (χ3n) is 3.48. The predicted molar refractivity (Wildman–Crippen MR) is 89.2 cm³/mol. The number of carbonyl (C=O) groups excluding carboxylic acids is 1. The lowest BCUT2D eigenvalue weighted by Crippen LogP contribution is -2.12. The number of aryl methyl sites for hydroxylation is 1. The van der Waals surface area contributed by atoms with Crippen LogP contribution in [0.2, 0.25) is 0 Å². The van der Waals surface area contributed by atoms with Gasteiger partial charge in [0, 0.05) is 0 Å². The molecule has 22 heavy (non-hydrogen) atoms. The predicted octanol–water partition coefficient (Wildman–Crippen LogP) is 5.00. The van der Waals surface area contributed by atoms with Gasteiger partial charge in [-0.25, -0.2) is 4.79 Å². The third-order valence-corrected chi connectivity index (χ3v) is 4.47. The topological polar surface area (TPSA) is 26.3 Å². The number of benzene rings is 2. The molecule has 0 saturated carbocycles. The Morgan fingerprint density at radius 2 is 1.45 bits per heavy atom. The molecule has 0 radical (unpaired) electrons. The van der Waals surface area contributed by atoms with E-state index in [9.17, 15) is 4.79 Å². The zero-order valence-corrected chi connectivity index (χ0v) is 13.0. The van der Waals surface area contributed by atoms with Crippen molar-refractivity contribution in [3.63, 3.8) is 0 Å². The van der Waals surface area contributed by atoms with Crippen molar-refractivity contribution >= 4 is 17.3 Å². The first-order valence-corrected chi connectivity index (χ1v) is 7.98. The van der Waals surface area contributed by atoms with Gasteiger partial charge in [0.05, 0.1) is 0 Å². The first-order chi connectivity index (χ1) is 10.8. The van der Waals surface area contributed by atoms with E-state index < -0.39 is 6.10 Å². The molecule has 0 spiro atoms. The SMILES string of the molecule is Cc1ccsc1C(=O)OC(c1ccccc1)c1ccccc1. The molecule has 0 fully saturated rings. The molecule has 2 aromatic carbocycles. The van der Waals surface area contributed by atoms with Gasteiger partial charge in [-0.2, -0.15) is 0 Å². The van der Waals surface area contributed by atoms with Gasteiger partial charge < -0.3 is 4.74 Å². The fourth-order valence-electron chi connectivity index (χ4n) is 2.33. The second-order valence-electron chi connectivity index (χ2n) is 5.04. The van der Waals surface area contributed by atoms with Crippen molar-refractivity contribution in [1.82, 2.24) is 0 Å². The van der Waals surface area contributed by atoms with Crippen LogP contribution in [0, 0.1) is 6.92 Å². The lowest BCUT2D eigenvalue weighted by atomic mass is 10.0. The molecular formula is C19H16O2S. The highest BCUT2D eigenvalue weighted by molar-refractivity contribution is 7.12. The van der Waals surface area contributed by atoms with Crippen molar-refractivity contribution in [2.24, 2.45) is 0 Å². The second kappa shape index (κ2) is 6.58. The van der Waals surface area contributed by atoms with Gasteiger partial charge in [-0.1, -0.05) is 60.7 Å². The first kappa shape index (κ1) is 14.5. The number of esters is 1. The monoisotopic (exact) mass is 308 g/mol. The molecule has 3 rings (SSSR count). The standard InChI is InChI=1S/C19H16O2S/c1-14-12-13-22-18(14)19(20)21-17(15-8-4-2-5-9-15)16-10-6-3-7-11-16/h2-13,17H,1H3.